The maximum absolute atomic E-state index is 12.5. The molecular formula is C22H32N5O4. The lowest BCUT2D eigenvalue weighted by Gasteiger charge is -2.20. The minimum atomic E-state index is -0.830. The number of primary amides is 1. The number of nitrogens with one attached hydrogen (secondary N) is 2. The number of rotatable bonds is 10. The van der Waals surface area contributed by atoms with Gasteiger partial charge in [0.25, 0.3) is 0 Å². The van der Waals surface area contributed by atoms with E-state index in [1.807, 2.05) is 24.3 Å². The topological polar surface area (TPSA) is 151 Å². The van der Waals surface area contributed by atoms with Gasteiger partial charge in [-0.25, -0.2) is 4.79 Å². The Morgan fingerprint density at radius 2 is 1.87 bits per heavy atom. The number of benzene rings is 1. The smallest absolute Gasteiger partial charge is 0.407 e. The quantitative estimate of drug-likeness (QED) is 0.416. The number of nitrogens with two attached hydrogens (primary N) is 2. The molecule has 9 nitrogen and oxygen atoms in total. The monoisotopic (exact) mass is 430 g/mol. The number of fused-ring (bicyclic) bond motifs is 1. The molecule has 0 saturated heterocycles. The van der Waals surface area contributed by atoms with Crippen molar-refractivity contribution in [2.24, 2.45) is 11.5 Å². The highest BCUT2D eigenvalue weighted by molar-refractivity contribution is 5.91. The summed E-state index contributed by atoms with van der Waals surface area (Å²) >= 11 is 0. The first-order valence-electron chi connectivity index (χ1n) is 10.4. The fraction of sp³-hybridized carbons (Fsp3) is 0.500. The van der Waals surface area contributed by atoms with E-state index in [9.17, 15) is 14.4 Å². The first-order valence-corrected chi connectivity index (χ1v) is 10.4. The molecule has 1 aliphatic heterocycles. The van der Waals surface area contributed by atoms with Crippen molar-refractivity contribution in [2.45, 2.75) is 64.1 Å². The van der Waals surface area contributed by atoms with E-state index in [0.29, 0.717) is 32.2 Å². The molecule has 1 radical (unpaired) electrons. The molecule has 1 aromatic carbocycles. The van der Waals surface area contributed by atoms with Gasteiger partial charge >= 0.3 is 6.09 Å². The minimum Gasteiger partial charge on any atom is -0.444 e. The average Bonchev–Trinajstić information content (AvgIpc) is 3.08. The summed E-state index contributed by atoms with van der Waals surface area (Å²) in [5, 5.41) is 9.60. The summed E-state index contributed by atoms with van der Waals surface area (Å²) in [6.07, 6.45) is 3.06. The van der Waals surface area contributed by atoms with Crippen LogP contribution in [0.5, 0.6) is 0 Å². The summed E-state index contributed by atoms with van der Waals surface area (Å²) < 4.78 is 5.15. The number of carbonyl (C=O) groups is 3. The van der Waals surface area contributed by atoms with Crippen LogP contribution in [0.2, 0.25) is 0 Å². The lowest BCUT2D eigenvalue weighted by atomic mass is 9.99. The highest BCUT2D eigenvalue weighted by Gasteiger charge is 2.25. The molecule has 31 heavy (non-hydrogen) atoms. The van der Waals surface area contributed by atoms with Gasteiger partial charge in [-0.2, -0.15) is 0 Å². The standard InChI is InChI=1S/C22H32N5O4/c1-22(2,3)31-21(30)25-11-7-6-10-18(19(24)28)27-20(29)16(23)12-14-13-26-17-9-5-4-8-15(14)17/h4-5,8-9,13,16,18H,6-7,10-12,23H2,1-3H3,(H2,24,28)(H,25,30)(H,27,29)/t16-,18-/m0/s1. The van der Waals surface area contributed by atoms with E-state index >= 15 is 0 Å². The lowest BCUT2D eigenvalue weighted by molar-refractivity contribution is -0.128. The number of ether oxygens (including phenoxy) is 1. The van der Waals surface area contributed by atoms with E-state index in [0.717, 1.165) is 16.8 Å². The molecule has 0 spiro atoms. The van der Waals surface area contributed by atoms with Gasteiger partial charge in [0.2, 0.25) is 11.8 Å². The van der Waals surface area contributed by atoms with Crippen molar-refractivity contribution in [3.63, 3.8) is 0 Å². The molecule has 6 N–H and O–H groups in total. The molecule has 1 aliphatic rings. The number of hydrogen-bond acceptors (Lipinski definition) is 5. The second kappa shape index (κ2) is 10.8. The van der Waals surface area contributed by atoms with Gasteiger partial charge in [0.05, 0.1) is 11.7 Å². The van der Waals surface area contributed by atoms with Crippen LogP contribution in [0.4, 0.5) is 10.5 Å². The summed E-state index contributed by atoms with van der Waals surface area (Å²) in [5.41, 5.74) is 13.6. The van der Waals surface area contributed by atoms with Crippen LogP contribution in [0.25, 0.3) is 5.57 Å². The van der Waals surface area contributed by atoms with Crippen molar-refractivity contribution in [3.8, 4) is 0 Å². The first-order chi connectivity index (χ1) is 14.6. The van der Waals surface area contributed by atoms with Gasteiger partial charge in [-0.1, -0.05) is 18.2 Å². The zero-order valence-electron chi connectivity index (χ0n) is 18.3. The molecule has 0 bridgehead atoms. The molecule has 0 unspecified atom stereocenters. The molecule has 1 heterocycles. The molecule has 0 saturated carbocycles. The summed E-state index contributed by atoms with van der Waals surface area (Å²) in [7, 11) is 0. The fourth-order valence-corrected chi connectivity index (χ4v) is 3.11. The SMILES string of the molecule is CC(C)(C)OC(=O)NCCCC[C@H](NC(=O)[C@@H](N)CC1=C[N]c2ccccc21)C(N)=O. The first kappa shape index (κ1) is 24.2. The highest BCUT2D eigenvalue weighted by Crippen LogP contribution is 2.32. The summed E-state index contributed by atoms with van der Waals surface area (Å²) in [6, 6.07) is 5.97. The molecule has 1 aromatic rings. The summed E-state index contributed by atoms with van der Waals surface area (Å²) in [4.78, 5) is 35.9. The minimum absolute atomic E-state index is 0.303. The normalized spacial score (nSPS) is 14.5. The van der Waals surface area contributed by atoms with Gasteiger partial charge in [0, 0.05) is 18.3 Å². The Labute approximate surface area is 183 Å². The Balaban J connectivity index is 1.75. The Morgan fingerprint density at radius 3 is 2.55 bits per heavy atom. The third-order valence-corrected chi connectivity index (χ3v) is 4.63. The van der Waals surface area contributed by atoms with Crippen LogP contribution in [-0.4, -0.2) is 42.1 Å². The van der Waals surface area contributed by atoms with Crippen molar-refractivity contribution >= 4 is 29.2 Å². The van der Waals surface area contributed by atoms with Crippen LogP contribution in [-0.2, 0) is 14.3 Å². The van der Waals surface area contributed by atoms with Gasteiger partial charge < -0.3 is 26.8 Å². The predicted molar refractivity (Wildman–Crippen MR) is 118 cm³/mol. The number of hydrogen-bond donors (Lipinski definition) is 4. The maximum Gasteiger partial charge on any atom is 0.407 e. The largest absolute Gasteiger partial charge is 0.444 e. The van der Waals surface area contributed by atoms with Gasteiger partial charge in [0.1, 0.15) is 11.6 Å². The van der Waals surface area contributed by atoms with Gasteiger partial charge in [-0.15, -0.1) is 0 Å². The van der Waals surface area contributed by atoms with Crippen molar-refractivity contribution < 1.29 is 19.1 Å². The summed E-state index contributed by atoms with van der Waals surface area (Å²) in [6.45, 7) is 5.75. The Kier molecular flexibility index (Phi) is 8.44. The second-order valence-corrected chi connectivity index (χ2v) is 8.50. The molecule has 0 aliphatic carbocycles. The molecule has 2 atom stereocenters. The predicted octanol–water partition coefficient (Wildman–Crippen LogP) is 1.66. The molecule has 0 fully saturated rings. The number of nitrogens with zero attached hydrogens (tertiary/aromatic N) is 1. The van der Waals surface area contributed by atoms with E-state index in [2.05, 4.69) is 16.0 Å². The number of carbonyl (C=O) groups excluding carboxylic acids is 3. The van der Waals surface area contributed by atoms with Gasteiger partial charge in [-0.3, -0.25) is 14.9 Å². The Bertz CT molecular complexity index is 831. The molecule has 2 rings (SSSR count). The molecule has 169 valence electrons. The van der Waals surface area contributed by atoms with E-state index in [1.54, 1.807) is 27.0 Å². The number of alkyl carbamates (subject to hydrolysis) is 1. The highest BCUT2D eigenvalue weighted by atomic mass is 16.6. The van der Waals surface area contributed by atoms with Crippen molar-refractivity contribution in [1.82, 2.24) is 16.0 Å². The van der Waals surface area contributed by atoms with E-state index in [4.69, 9.17) is 16.2 Å². The van der Waals surface area contributed by atoms with Crippen LogP contribution in [0, 0.1) is 0 Å². The lowest BCUT2D eigenvalue weighted by Crippen LogP contribution is -2.50. The van der Waals surface area contributed by atoms with Crippen molar-refractivity contribution in [1.29, 1.82) is 0 Å². The van der Waals surface area contributed by atoms with Crippen LogP contribution in [0.1, 0.15) is 52.0 Å². The number of amides is 3. The number of unbranched alkanes of at least 4 members (excludes halogenated alkanes) is 1. The van der Waals surface area contributed by atoms with E-state index in [1.165, 1.54) is 0 Å². The molecule has 0 aromatic heterocycles. The Morgan fingerprint density at radius 1 is 1.16 bits per heavy atom. The zero-order valence-corrected chi connectivity index (χ0v) is 18.3. The Hall–Kier alpha value is -3.07. The average molecular weight is 431 g/mol. The van der Waals surface area contributed by atoms with E-state index < -0.39 is 35.6 Å². The van der Waals surface area contributed by atoms with Crippen molar-refractivity contribution in [3.05, 3.63) is 36.0 Å². The van der Waals surface area contributed by atoms with Crippen molar-refractivity contribution in [2.75, 3.05) is 6.54 Å². The zero-order chi connectivity index (χ0) is 23.0. The fourth-order valence-electron chi connectivity index (χ4n) is 3.11. The van der Waals surface area contributed by atoms with E-state index in [-0.39, 0.29) is 0 Å². The summed E-state index contributed by atoms with van der Waals surface area (Å²) in [5.74, 6) is -1.07. The molecule has 3 amide bonds. The number of para-hydroxylation sites is 1. The van der Waals surface area contributed by atoms with Gasteiger partial charge in [0.15, 0.2) is 0 Å². The van der Waals surface area contributed by atoms with Crippen LogP contribution < -0.4 is 27.4 Å². The molecule has 9 heteroatoms. The second-order valence-electron chi connectivity index (χ2n) is 8.50. The van der Waals surface area contributed by atoms with Gasteiger partial charge in [-0.05, 0) is 58.1 Å². The van der Waals surface area contributed by atoms with Crippen LogP contribution in [0.3, 0.4) is 0 Å². The molecular weight excluding hydrogens is 398 g/mol. The van der Waals surface area contributed by atoms with Crippen LogP contribution in [0.15, 0.2) is 30.5 Å². The third kappa shape index (κ3) is 7.93. The maximum atomic E-state index is 12.5. The third-order valence-electron chi connectivity index (χ3n) is 4.63. The van der Waals surface area contributed by atoms with Crippen LogP contribution >= 0.6 is 0 Å².